The third-order valence-electron chi connectivity index (χ3n) is 3.49. The lowest BCUT2D eigenvalue weighted by atomic mass is 9.83. The van der Waals surface area contributed by atoms with Crippen LogP contribution in [0, 0.1) is 35.0 Å². The van der Waals surface area contributed by atoms with Crippen LogP contribution in [0.25, 0.3) is 0 Å². The van der Waals surface area contributed by atoms with E-state index < -0.39 is 5.41 Å². The van der Waals surface area contributed by atoms with Crippen molar-refractivity contribution in [2.24, 2.45) is 5.41 Å². The van der Waals surface area contributed by atoms with Crippen molar-refractivity contribution in [3.63, 3.8) is 0 Å². The van der Waals surface area contributed by atoms with Gasteiger partial charge in [0, 0.05) is 0 Å². The Morgan fingerprint density at radius 3 is 2.42 bits per heavy atom. The van der Waals surface area contributed by atoms with Crippen LogP contribution in [0.2, 0.25) is 0 Å². The van der Waals surface area contributed by atoms with E-state index in [2.05, 4.69) is 17.5 Å². The maximum absolute atomic E-state index is 12.3. The van der Waals surface area contributed by atoms with Gasteiger partial charge in [-0.05, 0) is 31.4 Å². The number of hydrogen-bond acceptors (Lipinski definition) is 3. The van der Waals surface area contributed by atoms with Crippen LogP contribution in [0.5, 0.6) is 0 Å². The summed E-state index contributed by atoms with van der Waals surface area (Å²) < 4.78 is 0. The molecule has 1 aromatic rings. The fourth-order valence-corrected chi connectivity index (χ4v) is 1.94. The molecule has 0 aliphatic heterocycles. The first-order valence-electron chi connectivity index (χ1n) is 6.27. The highest BCUT2D eigenvalue weighted by Crippen LogP contribution is 2.28. The minimum atomic E-state index is -1.03. The first-order chi connectivity index (χ1) is 9.04. The lowest BCUT2D eigenvalue weighted by molar-refractivity contribution is -0.123. The predicted octanol–water partition coefficient (Wildman–Crippen LogP) is 3.14. The molecule has 98 valence electrons. The number of nitriles is 2. The lowest BCUT2D eigenvalue weighted by Crippen LogP contribution is -2.34. The van der Waals surface area contributed by atoms with E-state index in [4.69, 9.17) is 5.26 Å². The highest BCUT2D eigenvalue weighted by molar-refractivity contribution is 5.98. The summed E-state index contributed by atoms with van der Waals surface area (Å²) in [6.07, 6.45) is 0.888. The second-order valence-corrected chi connectivity index (χ2v) is 4.46. The van der Waals surface area contributed by atoms with Crippen molar-refractivity contribution in [3.05, 3.63) is 29.3 Å². The van der Waals surface area contributed by atoms with Crippen LogP contribution in [0.15, 0.2) is 18.2 Å². The Morgan fingerprint density at radius 2 is 1.95 bits per heavy atom. The minimum absolute atomic E-state index is 0.345. The Balaban J connectivity index is 3.12. The number of nitrogens with zero attached hydrogens (tertiary/aromatic N) is 2. The first-order valence-corrected chi connectivity index (χ1v) is 6.27. The van der Waals surface area contributed by atoms with Crippen molar-refractivity contribution >= 4 is 11.6 Å². The van der Waals surface area contributed by atoms with Gasteiger partial charge < -0.3 is 5.32 Å². The predicted molar refractivity (Wildman–Crippen MR) is 73.2 cm³/mol. The van der Waals surface area contributed by atoms with Gasteiger partial charge in [-0.3, -0.25) is 4.79 Å². The molecule has 0 aliphatic carbocycles. The quantitative estimate of drug-likeness (QED) is 0.897. The van der Waals surface area contributed by atoms with Gasteiger partial charge in [-0.15, -0.1) is 0 Å². The van der Waals surface area contributed by atoms with Gasteiger partial charge in [0.25, 0.3) is 0 Å². The molecule has 4 nitrogen and oxygen atoms in total. The fourth-order valence-electron chi connectivity index (χ4n) is 1.94. The summed E-state index contributed by atoms with van der Waals surface area (Å²) in [4.78, 5) is 12.3. The zero-order chi connectivity index (χ0) is 14.5. The first kappa shape index (κ1) is 14.7. The second kappa shape index (κ2) is 6.02. The third-order valence-corrected chi connectivity index (χ3v) is 3.49. The maximum atomic E-state index is 12.3. The Labute approximate surface area is 113 Å². The smallest absolute Gasteiger partial charge is 0.244 e. The number of carbonyl (C=O) groups is 1. The molecule has 0 unspecified atom stereocenters. The van der Waals surface area contributed by atoms with Gasteiger partial charge >= 0.3 is 0 Å². The highest BCUT2D eigenvalue weighted by atomic mass is 16.2. The Bertz CT molecular complexity index is 560. The summed E-state index contributed by atoms with van der Waals surface area (Å²) in [5.74, 6) is -0.345. The average molecular weight is 255 g/mol. The van der Waals surface area contributed by atoms with Crippen molar-refractivity contribution in [2.45, 2.75) is 33.6 Å². The van der Waals surface area contributed by atoms with Gasteiger partial charge in [0.05, 0.1) is 17.3 Å². The Morgan fingerprint density at radius 1 is 1.32 bits per heavy atom. The monoisotopic (exact) mass is 255 g/mol. The van der Waals surface area contributed by atoms with Crippen LogP contribution in [0.4, 0.5) is 5.69 Å². The lowest BCUT2D eigenvalue weighted by Gasteiger charge is -2.22. The molecule has 19 heavy (non-hydrogen) atoms. The summed E-state index contributed by atoms with van der Waals surface area (Å²) in [5, 5.41) is 21.1. The molecule has 0 spiro atoms. The molecule has 4 heteroatoms. The molecule has 0 fully saturated rings. The van der Waals surface area contributed by atoms with Crippen molar-refractivity contribution in [1.29, 1.82) is 10.5 Å². The van der Waals surface area contributed by atoms with Crippen molar-refractivity contribution < 1.29 is 4.79 Å². The molecule has 1 N–H and O–H groups in total. The summed E-state index contributed by atoms with van der Waals surface area (Å²) in [6.45, 7) is 5.44. The van der Waals surface area contributed by atoms with E-state index in [1.165, 1.54) is 0 Å². The van der Waals surface area contributed by atoms with E-state index in [-0.39, 0.29) is 5.91 Å². The van der Waals surface area contributed by atoms with Crippen molar-refractivity contribution in [2.75, 3.05) is 5.32 Å². The number of amides is 1. The maximum Gasteiger partial charge on any atom is 0.244 e. The highest BCUT2D eigenvalue weighted by Gasteiger charge is 2.35. The van der Waals surface area contributed by atoms with Crippen molar-refractivity contribution in [1.82, 2.24) is 0 Å². The van der Waals surface area contributed by atoms with Crippen LogP contribution >= 0.6 is 0 Å². The molecule has 0 heterocycles. The average Bonchev–Trinajstić information content (AvgIpc) is 2.41. The Kier molecular flexibility index (Phi) is 4.67. The van der Waals surface area contributed by atoms with E-state index in [0.717, 1.165) is 5.56 Å². The van der Waals surface area contributed by atoms with Gasteiger partial charge in [-0.25, -0.2) is 0 Å². The summed E-state index contributed by atoms with van der Waals surface area (Å²) in [7, 11) is 0. The van der Waals surface area contributed by atoms with Crippen molar-refractivity contribution in [3.8, 4) is 12.1 Å². The largest absolute Gasteiger partial charge is 0.323 e. The SMILES string of the molecule is CCC(C#N)(CC)C(=O)Nc1cccc(C)c1C#N. The molecule has 0 radical (unpaired) electrons. The topological polar surface area (TPSA) is 76.7 Å². The van der Waals surface area contributed by atoms with E-state index in [0.29, 0.717) is 24.1 Å². The summed E-state index contributed by atoms with van der Waals surface area (Å²) in [6, 6.07) is 9.43. The number of benzene rings is 1. The molecule has 1 rings (SSSR count). The van der Waals surface area contributed by atoms with E-state index in [1.54, 1.807) is 12.1 Å². The normalized spacial score (nSPS) is 10.4. The molecular weight excluding hydrogens is 238 g/mol. The third kappa shape index (κ3) is 2.74. The van der Waals surface area contributed by atoms with Crippen LogP contribution < -0.4 is 5.32 Å². The molecule has 0 aliphatic rings. The molecule has 1 amide bonds. The number of aryl methyl sites for hydroxylation is 1. The van der Waals surface area contributed by atoms with Crippen LogP contribution in [0.3, 0.4) is 0 Å². The minimum Gasteiger partial charge on any atom is -0.323 e. The van der Waals surface area contributed by atoms with E-state index in [9.17, 15) is 10.1 Å². The zero-order valence-electron chi connectivity index (χ0n) is 11.4. The van der Waals surface area contributed by atoms with Gasteiger partial charge in [0.2, 0.25) is 5.91 Å². The fraction of sp³-hybridized carbons (Fsp3) is 0.400. The van der Waals surface area contributed by atoms with Gasteiger partial charge in [0.15, 0.2) is 0 Å². The number of rotatable bonds is 4. The zero-order valence-corrected chi connectivity index (χ0v) is 11.4. The molecule has 0 saturated carbocycles. The van der Waals surface area contributed by atoms with E-state index >= 15 is 0 Å². The number of carbonyl (C=O) groups excluding carboxylic acids is 1. The number of nitrogens with one attached hydrogen (secondary N) is 1. The standard InChI is InChI=1S/C15H17N3O/c1-4-15(5-2,10-17)14(19)18-13-8-6-7-11(3)12(13)9-16/h6-8H,4-5H2,1-3H3,(H,18,19). The second-order valence-electron chi connectivity index (χ2n) is 4.46. The van der Waals surface area contributed by atoms with Crippen LogP contribution in [-0.2, 0) is 4.79 Å². The van der Waals surface area contributed by atoms with E-state index in [1.807, 2.05) is 26.8 Å². The van der Waals surface area contributed by atoms with Gasteiger partial charge in [-0.1, -0.05) is 26.0 Å². The molecule has 1 aromatic carbocycles. The number of hydrogen-bond donors (Lipinski definition) is 1. The summed E-state index contributed by atoms with van der Waals surface area (Å²) >= 11 is 0. The molecule has 0 bridgehead atoms. The van der Waals surface area contributed by atoms with Gasteiger partial charge in [0.1, 0.15) is 11.5 Å². The molecule has 0 aromatic heterocycles. The Hall–Kier alpha value is -2.33. The van der Waals surface area contributed by atoms with Crippen LogP contribution in [0.1, 0.15) is 37.8 Å². The molecular formula is C15H17N3O. The number of anilines is 1. The molecule has 0 atom stereocenters. The van der Waals surface area contributed by atoms with Gasteiger partial charge in [-0.2, -0.15) is 10.5 Å². The molecule has 0 saturated heterocycles. The van der Waals surface area contributed by atoms with Crippen LogP contribution in [-0.4, -0.2) is 5.91 Å². The summed E-state index contributed by atoms with van der Waals surface area (Å²) in [5.41, 5.74) is 0.677.